The van der Waals surface area contributed by atoms with Crippen molar-refractivity contribution in [1.82, 2.24) is 24.9 Å². The van der Waals surface area contributed by atoms with E-state index in [2.05, 4.69) is 27.4 Å². The first-order valence-corrected chi connectivity index (χ1v) is 11.4. The van der Waals surface area contributed by atoms with Crippen LogP contribution in [0.15, 0.2) is 36.7 Å². The Labute approximate surface area is 203 Å². The Bertz CT molecular complexity index is 1470. The van der Waals surface area contributed by atoms with Gasteiger partial charge in [-0.25, -0.2) is 14.4 Å². The third-order valence-electron chi connectivity index (χ3n) is 5.71. The summed E-state index contributed by atoms with van der Waals surface area (Å²) in [5.74, 6) is -0.421. The van der Waals surface area contributed by atoms with Crippen LogP contribution in [0.2, 0.25) is 5.02 Å². The molecule has 0 spiro atoms. The number of nitrogens with zero attached hydrogens (tertiary/aromatic N) is 8. The van der Waals surface area contributed by atoms with Gasteiger partial charge in [0.2, 0.25) is 0 Å². The number of imide groups is 1. The Morgan fingerprint density at radius 1 is 1.24 bits per heavy atom. The lowest BCUT2D eigenvalue weighted by Crippen LogP contribution is -2.62. The van der Waals surface area contributed by atoms with Crippen molar-refractivity contribution >= 4 is 56.9 Å². The van der Waals surface area contributed by atoms with Crippen LogP contribution < -0.4 is 4.90 Å². The molecule has 4 heterocycles. The van der Waals surface area contributed by atoms with Gasteiger partial charge in [0.25, 0.3) is 5.91 Å². The molecule has 12 heteroatoms. The molecule has 2 aliphatic rings. The van der Waals surface area contributed by atoms with Gasteiger partial charge in [0.15, 0.2) is 0 Å². The van der Waals surface area contributed by atoms with Crippen molar-refractivity contribution in [3.8, 4) is 12.1 Å². The third-order valence-corrected chi connectivity index (χ3v) is 7.29. The van der Waals surface area contributed by atoms with Gasteiger partial charge >= 0.3 is 6.03 Å². The van der Waals surface area contributed by atoms with Gasteiger partial charge in [0.05, 0.1) is 48.2 Å². The predicted octanol–water partition coefficient (Wildman–Crippen LogP) is 3.10. The Hall–Kier alpha value is -3.93. The molecule has 0 radical (unpaired) electrons. The minimum Gasteiger partial charge on any atom is -0.315 e. The number of benzene rings is 1. The van der Waals surface area contributed by atoms with Crippen LogP contribution in [0.25, 0.3) is 15.9 Å². The van der Waals surface area contributed by atoms with Crippen LogP contribution >= 0.6 is 23.4 Å². The van der Waals surface area contributed by atoms with Crippen LogP contribution in [0.4, 0.5) is 10.5 Å². The van der Waals surface area contributed by atoms with E-state index in [9.17, 15) is 14.9 Å². The van der Waals surface area contributed by atoms with Crippen molar-refractivity contribution < 1.29 is 9.59 Å². The molecule has 2 unspecified atom stereocenters. The summed E-state index contributed by atoms with van der Waals surface area (Å²) in [5.41, 5.74) is 2.22. The van der Waals surface area contributed by atoms with E-state index in [4.69, 9.17) is 16.9 Å². The van der Waals surface area contributed by atoms with Crippen molar-refractivity contribution in [2.24, 2.45) is 7.05 Å². The first-order valence-electron chi connectivity index (χ1n) is 10.2. The number of halogens is 1. The molecule has 10 nitrogen and oxygen atoms in total. The van der Waals surface area contributed by atoms with Crippen molar-refractivity contribution in [3.05, 3.63) is 52.8 Å². The molecule has 168 valence electrons. The Kier molecular flexibility index (Phi) is 5.44. The molecule has 0 aliphatic carbocycles. The topological polar surface area (TPSA) is 132 Å². The molecule has 0 bridgehead atoms. The number of hydrogen-bond donors (Lipinski definition) is 0. The van der Waals surface area contributed by atoms with Crippen LogP contribution in [0.3, 0.4) is 0 Å². The van der Waals surface area contributed by atoms with Crippen molar-refractivity contribution in [2.75, 3.05) is 11.4 Å². The summed E-state index contributed by atoms with van der Waals surface area (Å²) in [6.07, 6.45) is 4.84. The largest absolute Gasteiger partial charge is 0.332 e. The number of carbonyl (C=O) groups excluding carboxylic acids is 2. The number of aryl methyl sites for hydroxylation is 1. The number of aromatic nitrogens is 4. The molecular weight excluding hydrogens is 476 g/mol. The van der Waals surface area contributed by atoms with Gasteiger partial charge < -0.3 is 4.90 Å². The molecule has 3 aromatic rings. The van der Waals surface area contributed by atoms with Gasteiger partial charge in [-0.05, 0) is 24.3 Å². The molecule has 0 N–H and O–H groups in total. The zero-order valence-electron chi connectivity index (χ0n) is 17.7. The molecule has 2 aromatic heterocycles. The highest BCUT2D eigenvalue weighted by molar-refractivity contribution is 8.09. The molecule has 1 saturated heterocycles. The zero-order chi connectivity index (χ0) is 24.0. The van der Waals surface area contributed by atoms with Crippen LogP contribution in [-0.4, -0.2) is 54.7 Å². The van der Waals surface area contributed by atoms with Crippen molar-refractivity contribution in [1.29, 1.82) is 10.5 Å². The number of nitriles is 2. The van der Waals surface area contributed by atoms with E-state index in [0.717, 1.165) is 4.90 Å². The minimum absolute atomic E-state index is 0.0984. The highest BCUT2D eigenvalue weighted by Crippen LogP contribution is 2.46. The first-order chi connectivity index (χ1) is 16.4. The van der Waals surface area contributed by atoms with Crippen LogP contribution in [0.1, 0.15) is 17.5 Å². The molecule has 5 rings (SSSR count). The summed E-state index contributed by atoms with van der Waals surface area (Å²) in [7, 11) is 1.67. The minimum atomic E-state index is -0.673. The van der Waals surface area contributed by atoms with Crippen LogP contribution in [0.5, 0.6) is 0 Å². The maximum atomic E-state index is 13.7. The number of hydrogen-bond acceptors (Lipinski definition) is 8. The molecule has 1 aromatic carbocycles. The molecule has 0 saturated carbocycles. The summed E-state index contributed by atoms with van der Waals surface area (Å²) in [6.45, 7) is 0.137. The zero-order valence-corrected chi connectivity index (χ0v) is 19.3. The van der Waals surface area contributed by atoms with Gasteiger partial charge in [-0.2, -0.15) is 10.5 Å². The number of pyridine rings is 1. The summed E-state index contributed by atoms with van der Waals surface area (Å²) >= 11 is 7.44. The molecule has 2 aliphatic heterocycles. The number of anilines is 1. The second kappa shape index (κ2) is 8.45. The lowest BCUT2D eigenvalue weighted by atomic mass is 10.0. The third kappa shape index (κ3) is 3.37. The number of rotatable bonds is 4. The van der Waals surface area contributed by atoms with Gasteiger partial charge in [-0.1, -0.05) is 16.8 Å². The molecule has 1 fully saturated rings. The maximum Gasteiger partial charge on any atom is 0.332 e. The fourth-order valence-corrected chi connectivity index (χ4v) is 5.71. The van der Waals surface area contributed by atoms with E-state index in [0.29, 0.717) is 32.1 Å². The number of fused-ring (bicyclic) bond motifs is 2. The fourth-order valence-electron chi connectivity index (χ4n) is 4.18. The van der Waals surface area contributed by atoms with E-state index in [1.807, 2.05) is 0 Å². The van der Waals surface area contributed by atoms with Crippen LogP contribution in [-0.2, 0) is 11.8 Å². The van der Waals surface area contributed by atoms with Gasteiger partial charge in [-0.15, -0.1) is 16.9 Å². The monoisotopic (exact) mass is 490 g/mol. The van der Waals surface area contributed by atoms with Gasteiger partial charge in [0, 0.05) is 29.1 Å². The average Bonchev–Trinajstić information content (AvgIpc) is 3.44. The first kappa shape index (κ1) is 21.9. The van der Waals surface area contributed by atoms with Crippen LogP contribution in [0, 0.1) is 22.7 Å². The Balaban J connectivity index is 1.61. The summed E-state index contributed by atoms with van der Waals surface area (Å²) in [4.78, 5) is 34.7. The fraction of sp³-hybridized carbons (Fsp3) is 0.227. The number of amides is 3. The SMILES string of the molecule is Cn1nnc2cncc(N3C(=O)C4SC(c5cc(Cl)ccc5C#N)=CC4N(CCC#N)C3=O)c21. The van der Waals surface area contributed by atoms with E-state index >= 15 is 0 Å². The molecule has 2 atom stereocenters. The molecule has 3 amide bonds. The highest BCUT2D eigenvalue weighted by Gasteiger charge is 2.50. The lowest BCUT2D eigenvalue weighted by molar-refractivity contribution is -0.119. The number of urea groups is 1. The summed E-state index contributed by atoms with van der Waals surface area (Å²) < 4.78 is 1.48. The predicted molar refractivity (Wildman–Crippen MR) is 125 cm³/mol. The Morgan fingerprint density at radius 3 is 2.82 bits per heavy atom. The smallest absolute Gasteiger partial charge is 0.315 e. The van der Waals surface area contributed by atoms with Gasteiger partial charge in [-0.3, -0.25) is 9.78 Å². The highest BCUT2D eigenvalue weighted by atomic mass is 35.5. The standard InChI is InChI=1S/C22H15ClN8O2S/c1-29-19-15(27-28-29)10-26-11-17(19)31-21(32)20-16(30(22(31)33)6-2-5-24)8-18(34-20)14-7-13(23)4-3-12(14)9-25/h3-4,7-8,10-11,16,20H,2,6H2,1H3. The second-order valence-electron chi connectivity index (χ2n) is 7.66. The molecular formula is C22H15ClN8O2S. The summed E-state index contributed by atoms with van der Waals surface area (Å²) in [6, 6.07) is 8.00. The van der Waals surface area contributed by atoms with Gasteiger partial charge in [0.1, 0.15) is 16.3 Å². The quantitative estimate of drug-likeness (QED) is 0.545. The normalized spacial score (nSPS) is 19.7. The number of carbonyl (C=O) groups is 2. The molecule has 34 heavy (non-hydrogen) atoms. The average molecular weight is 491 g/mol. The van der Waals surface area contributed by atoms with E-state index in [1.54, 1.807) is 31.3 Å². The number of thioether (sulfide) groups is 1. The van der Waals surface area contributed by atoms with Crippen molar-refractivity contribution in [2.45, 2.75) is 17.7 Å². The van der Waals surface area contributed by atoms with E-state index < -0.39 is 23.2 Å². The maximum absolute atomic E-state index is 13.7. The van der Waals surface area contributed by atoms with E-state index in [1.165, 1.54) is 33.7 Å². The summed E-state index contributed by atoms with van der Waals surface area (Å²) in [5, 5.41) is 26.5. The Morgan fingerprint density at radius 2 is 2.06 bits per heavy atom. The lowest BCUT2D eigenvalue weighted by Gasteiger charge is -2.40. The van der Waals surface area contributed by atoms with Crippen molar-refractivity contribution in [3.63, 3.8) is 0 Å². The van der Waals surface area contributed by atoms with E-state index in [-0.39, 0.29) is 18.7 Å². The second-order valence-corrected chi connectivity index (χ2v) is 9.28.